The lowest BCUT2D eigenvalue weighted by Crippen LogP contribution is -2.46. The van der Waals surface area contributed by atoms with Gasteiger partial charge in [0.25, 0.3) is 5.91 Å². The number of hydrogen-bond donors (Lipinski definition) is 1. The van der Waals surface area contributed by atoms with Gasteiger partial charge in [0.05, 0.1) is 18.5 Å². The van der Waals surface area contributed by atoms with E-state index >= 15 is 0 Å². The lowest BCUT2D eigenvalue weighted by atomic mass is 9.84. The van der Waals surface area contributed by atoms with Crippen molar-refractivity contribution in [2.75, 3.05) is 32.8 Å². The molecule has 1 aromatic rings. The Kier molecular flexibility index (Phi) is 6.15. The fourth-order valence-electron chi connectivity index (χ4n) is 2.66. The van der Waals surface area contributed by atoms with Crippen LogP contribution in [0.1, 0.15) is 32.1 Å². The minimum Gasteiger partial charge on any atom is -0.475 e. The summed E-state index contributed by atoms with van der Waals surface area (Å²) in [6, 6.07) is 3.50. The van der Waals surface area contributed by atoms with Gasteiger partial charge in [-0.3, -0.25) is 4.79 Å². The van der Waals surface area contributed by atoms with Crippen LogP contribution in [0.2, 0.25) is 0 Å². The lowest BCUT2D eigenvalue weighted by molar-refractivity contribution is -0.141. The number of amides is 1. The number of nitrogens with zero attached hydrogens (tertiary/aromatic N) is 1. The van der Waals surface area contributed by atoms with Crippen LogP contribution in [-0.2, 0) is 14.3 Å². The second kappa shape index (κ2) is 8.10. The summed E-state index contributed by atoms with van der Waals surface area (Å²) in [4.78, 5) is 16.7. The first-order chi connectivity index (χ1) is 10.7. The molecule has 0 aromatic carbocycles. The minimum absolute atomic E-state index is 0.0930. The highest BCUT2D eigenvalue weighted by atomic mass is 16.5. The molecule has 0 radical (unpaired) electrons. The number of rotatable bonds is 7. The second-order valence-electron chi connectivity index (χ2n) is 5.44. The molecule has 1 amide bonds. The van der Waals surface area contributed by atoms with Gasteiger partial charge in [-0.15, -0.1) is 0 Å². The Morgan fingerprint density at radius 3 is 2.59 bits per heavy atom. The summed E-state index contributed by atoms with van der Waals surface area (Å²) in [6.07, 6.45) is 6.32. The van der Waals surface area contributed by atoms with E-state index in [-0.39, 0.29) is 5.91 Å². The molecule has 0 spiro atoms. The minimum atomic E-state index is -0.702. The predicted molar refractivity (Wildman–Crippen MR) is 83.1 cm³/mol. The van der Waals surface area contributed by atoms with Gasteiger partial charge in [0.1, 0.15) is 12.2 Å². The molecule has 0 unspecified atom stereocenters. The fraction of sp³-hybridized carbons (Fsp3) is 0.625. The van der Waals surface area contributed by atoms with Crippen LogP contribution in [0.15, 0.2) is 18.3 Å². The fourth-order valence-corrected chi connectivity index (χ4v) is 2.66. The molecule has 0 bridgehead atoms. The maximum atomic E-state index is 12.5. The Bertz CT molecular complexity index is 470. The Balaban J connectivity index is 1.93. The first kappa shape index (κ1) is 16.7. The van der Waals surface area contributed by atoms with Crippen LogP contribution in [0.25, 0.3) is 0 Å². The van der Waals surface area contributed by atoms with Gasteiger partial charge in [-0.2, -0.15) is 0 Å². The number of hydrogen-bond acceptors (Lipinski definition) is 5. The van der Waals surface area contributed by atoms with Crippen LogP contribution in [0, 0.1) is 0 Å². The Hall–Kier alpha value is -1.66. The van der Waals surface area contributed by atoms with Gasteiger partial charge in [-0.25, -0.2) is 4.98 Å². The number of carbonyl (C=O) groups is 1. The van der Waals surface area contributed by atoms with E-state index in [2.05, 4.69) is 10.3 Å². The maximum Gasteiger partial charge on any atom is 0.256 e. The molecule has 1 fully saturated rings. The molecule has 6 nitrogen and oxygen atoms in total. The monoisotopic (exact) mass is 308 g/mol. The van der Waals surface area contributed by atoms with Gasteiger partial charge in [0.15, 0.2) is 0 Å². The Morgan fingerprint density at radius 1 is 1.23 bits per heavy atom. The van der Waals surface area contributed by atoms with Gasteiger partial charge in [-0.05, 0) is 18.9 Å². The van der Waals surface area contributed by atoms with Crippen molar-refractivity contribution in [1.82, 2.24) is 4.98 Å². The number of ether oxygens (including phenoxy) is 3. The first-order valence-corrected chi connectivity index (χ1v) is 7.64. The zero-order chi connectivity index (χ0) is 15.8. The Labute approximate surface area is 131 Å². The highest BCUT2D eigenvalue weighted by molar-refractivity contribution is 5.97. The van der Waals surface area contributed by atoms with Crippen LogP contribution in [-0.4, -0.2) is 43.9 Å². The smallest absolute Gasteiger partial charge is 0.256 e. The molecule has 22 heavy (non-hydrogen) atoms. The molecule has 1 aliphatic carbocycles. The molecule has 0 saturated heterocycles. The molecule has 1 saturated carbocycles. The maximum absolute atomic E-state index is 12.5. The number of carbonyl (C=O) groups excluding carboxylic acids is 1. The summed E-state index contributed by atoms with van der Waals surface area (Å²) in [5, 5.41) is 2.89. The Morgan fingerprint density at radius 2 is 2.00 bits per heavy atom. The highest BCUT2D eigenvalue weighted by Gasteiger charge is 2.39. The third-order valence-corrected chi connectivity index (χ3v) is 4.00. The third kappa shape index (κ3) is 4.18. The van der Waals surface area contributed by atoms with Crippen LogP contribution in [0.4, 0.5) is 5.69 Å². The van der Waals surface area contributed by atoms with Gasteiger partial charge >= 0.3 is 0 Å². The van der Waals surface area contributed by atoms with E-state index in [9.17, 15) is 4.79 Å². The molecular formula is C16H24N2O4. The van der Waals surface area contributed by atoms with Crippen molar-refractivity contribution in [3.05, 3.63) is 18.3 Å². The quantitative estimate of drug-likeness (QED) is 0.783. The van der Waals surface area contributed by atoms with Crippen molar-refractivity contribution in [1.29, 1.82) is 0 Å². The number of aromatic nitrogens is 1. The van der Waals surface area contributed by atoms with Crippen LogP contribution in [0.5, 0.6) is 5.88 Å². The molecule has 1 aliphatic rings. The van der Waals surface area contributed by atoms with E-state index in [4.69, 9.17) is 14.2 Å². The van der Waals surface area contributed by atoms with Gasteiger partial charge in [0.2, 0.25) is 5.88 Å². The van der Waals surface area contributed by atoms with Crippen molar-refractivity contribution in [2.24, 2.45) is 0 Å². The lowest BCUT2D eigenvalue weighted by Gasteiger charge is -2.34. The van der Waals surface area contributed by atoms with Gasteiger partial charge < -0.3 is 19.5 Å². The summed E-state index contributed by atoms with van der Waals surface area (Å²) in [5.41, 5.74) is -0.0580. The van der Waals surface area contributed by atoms with Gasteiger partial charge in [-0.1, -0.05) is 19.3 Å². The number of methoxy groups -OCH3 is 2. The first-order valence-electron chi connectivity index (χ1n) is 7.64. The number of nitrogens with one attached hydrogen (secondary N) is 1. The van der Waals surface area contributed by atoms with E-state index in [1.807, 2.05) is 0 Å². The van der Waals surface area contributed by atoms with Gasteiger partial charge in [0, 0.05) is 20.3 Å². The summed E-state index contributed by atoms with van der Waals surface area (Å²) in [5.74, 6) is 0.415. The van der Waals surface area contributed by atoms with Crippen molar-refractivity contribution in [2.45, 2.75) is 37.7 Å². The van der Waals surface area contributed by atoms with E-state index in [1.165, 1.54) is 0 Å². The summed E-state index contributed by atoms with van der Waals surface area (Å²) >= 11 is 0. The molecule has 2 rings (SSSR count). The van der Waals surface area contributed by atoms with Crippen molar-refractivity contribution in [3.63, 3.8) is 0 Å². The molecule has 0 atom stereocenters. The number of pyridine rings is 1. The molecule has 1 aromatic heterocycles. The SMILES string of the molecule is COCCOc1ccc(NC(=O)C2(OC)CCCCC2)cn1. The predicted octanol–water partition coefficient (Wildman–Crippen LogP) is 2.39. The second-order valence-corrected chi connectivity index (χ2v) is 5.44. The van der Waals surface area contributed by atoms with E-state index < -0.39 is 5.60 Å². The molecule has 0 aliphatic heterocycles. The van der Waals surface area contributed by atoms with Crippen molar-refractivity contribution in [3.8, 4) is 5.88 Å². The average Bonchev–Trinajstić information content (AvgIpc) is 2.57. The normalized spacial score (nSPS) is 17.0. The van der Waals surface area contributed by atoms with Crippen molar-refractivity contribution < 1.29 is 19.0 Å². The van der Waals surface area contributed by atoms with Crippen LogP contribution < -0.4 is 10.1 Å². The summed E-state index contributed by atoms with van der Waals surface area (Å²) in [7, 11) is 3.22. The average molecular weight is 308 g/mol. The highest BCUT2D eigenvalue weighted by Crippen LogP contribution is 2.32. The zero-order valence-electron chi connectivity index (χ0n) is 13.3. The zero-order valence-corrected chi connectivity index (χ0v) is 13.3. The van der Waals surface area contributed by atoms with Crippen LogP contribution in [0.3, 0.4) is 0 Å². The third-order valence-electron chi connectivity index (χ3n) is 4.00. The van der Waals surface area contributed by atoms with E-state index in [0.29, 0.717) is 24.8 Å². The number of anilines is 1. The molecule has 1 heterocycles. The van der Waals surface area contributed by atoms with E-state index in [1.54, 1.807) is 32.5 Å². The molecular weight excluding hydrogens is 284 g/mol. The molecule has 122 valence electrons. The largest absolute Gasteiger partial charge is 0.475 e. The standard InChI is InChI=1S/C16H24N2O4/c1-20-10-11-22-14-7-6-13(12-17-14)18-15(19)16(21-2)8-4-3-5-9-16/h6-7,12H,3-5,8-11H2,1-2H3,(H,18,19). The molecule has 1 N–H and O–H groups in total. The van der Waals surface area contributed by atoms with Crippen LogP contribution >= 0.6 is 0 Å². The summed E-state index contributed by atoms with van der Waals surface area (Å²) < 4.78 is 15.8. The van der Waals surface area contributed by atoms with Crippen molar-refractivity contribution >= 4 is 11.6 Å². The van der Waals surface area contributed by atoms with E-state index in [0.717, 1.165) is 32.1 Å². The topological polar surface area (TPSA) is 69.7 Å². The summed E-state index contributed by atoms with van der Waals surface area (Å²) in [6.45, 7) is 0.957. The molecule has 6 heteroatoms.